The Balaban J connectivity index is 2.57. The molecule has 0 saturated heterocycles. The first kappa shape index (κ1) is 15.1. The van der Waals surface area contributed by atoms with Gasteiger partial charge in [0.15, 0.2) is 0 Å². The summed E-state index contributed by atoms with van der Waals surface area (Å²) in [7, 11) is 1.67. The van der Waals surface area contributed by atoms with Crippen LogP contribution < -0.4 is 5.32 Å². The van der Waals surface area contributed by atoms with Crippen LogP contribution in [0.15, 0.2) is 24.3 Å². The van der Waals surface area contributed by atoms with Crippen molar-refractivity contribution in [1.29, 1.82) is 0 Å². The van der Waals surface area contributed by atoms with Gasteiger partial charge in [0.2, 0.25) is 0 Å². The maximum absolute atomic E-state index is 9.33. The molecule has 0 unspecified atom stereocenters. The molecule has 0 aliphatic heterocycles. The van der Waals surface area contributed by atoms with Crippen LogP contribution in [-0.2, 0) is 17.9 Å². The van der Waals surface area contributed by atoms with E-state index in [2.05, 4.69) is 5.32 Å². The van der Waals surface area contributed by atoms with Gasteiger partial charge in [-0.3, -0.25) is 0 Å². The predicted molar refractivity (Wildman–Crippen MR) is 71.2 cm³/mol. The average Bonchev–Trinajstić information content (AvgIpc) is 2.43. The minimum Gasteiger partial charge on any atom is -0.394 e. The fraction of sp³-hybridized carbons (Fsp3) is 0.571. The molecule has 0 saturated carbocycles. The number of ether oxygens (including phenoxy) is 1. The van der Waals surface area contributed by atoms with Gasteiger partial charge in [0.05, 0.1) is 25.4 Å². The summed E-state index contributed by atoms with van der Waals surface area (Å²) in [6, 6.07) is 8.09. The first-order valence-electron chi connectivity index (χ1n) is 6.23. The van der Waals surface area contributed by atoms with Crippen LogP contribution in [0, 0.1) is 0 Å². The van der Waals surface area contributed by atoms with E-state index in [-0.39, 0.29) is 13.2 Å². The van der Waals surface area contributed by atoms with Crippen molar-refractivity contribution < 1.29 is 14.9 Å². The lowest BCUT2D eigenvalue weighted by atomic mass is 9.98. The minimum absolute atomic E-state index is 0.0677. The summed E-state index contributed by atoms with van der Waals surface area (Å²) >= 11 is 0. The Labute approximate surface area is 109 Å². The van der Waals surface area contributed by atoms with Crippen LogP contribution in [0.2, 0.25) is 0 Å². The molecule has 0 spiro atoms. The molecule has 0 aromatic heterocycles. The van der Waals surface area contributed by atoms with Gasteiger partial charge in [-0.25, -0.2) is 0 Å². The molecule has 4 heteroatoms. The Bertz CT molecular complexity index is 325. The van der Waals surface area contributed by atoms with Crippen LogP contribution >= 0.6 is 0 Å². The predicted octanol–water partition coefficient (Wildman–Crippen LogP) is 1.06. The van der Waals surface area contributed by atoms with Crippen LogP contribution in [0.3, 0.4) is 0 Å². The summed E-state index contributed by atoms with van der Waals surface area (Å²) in [4.78, 5) is 0. The Hall–Kier alpha value is -0.940. The Kier molecular flexibility index (Phi) is 6.29. The first-order valence-corrected chi connectivity index (χ1v) is 6.23. The summed E-state index contributed by atoms with van der Waals surface area (Å²) in [5.41, 5.74) is 1.66. The van der Waals surface area contributed by atoms with E-state index < -0.39 is 5.54 Å². The van der Waals surface area contributed by atoms with E-state index in [0.717, 1.165) is 11.1 Å². The third-order valence-electron chi connectivity index (χ3n) is 3.28. The SMILES string of the molecule is CCC(CO)(CO)NCc1ccc(COC)cc1. The second-order valence-corrected chi connectivity index (χ2v) is 4.55. The fourth-order valence-corrected chi connectivity index (χ4v) is 1.72. The third kappa shape index (κ3) is 4.07. The van der Waals surface area contributed by atoms with Crippen molar-refractivity contribution in [2.24, 2.45) is 0 Å². The smallest absolute Gasteiger partial charge is 0.0713 e. The van der Waals surface area contributed by atoms with Gasteiger partial charge in [-0.15, -0.1) is 0 Å². The molecule has 1 rings (SSSR count). The number of nitrogens with one attached hydrogen (secondary N) is 1. The van der Waals surface area contributed by atoms with E-state index >= 15 is 0 Å². The molecule has 0 radical (unpaired) electrons. The molecule has 0 fully saturated rings. The zero-order chi connectivity index (χ0) is 13.4. The second kappa shape index (κ2) is 7.48. The average molecular weight is 253 g/mol. The molecule has 0 aliphatic rings. The van der Waals surface area contributed by atoms with Gasteiger partial charge in [-0.2, -0.15) is 0 Å². The molecule has 0 amide bonds. The number of methoxy groups -OCH3 is 1. The summed E-state index contributed by atoms with van der Waals surface area (Å²) < 4.78 is 5.05. The van der Waals surface area contributed by atoms with Crippen LogP contribution in [0.4, 0.5) is 0 Å². The van der Waals surface area contributed by atoms with Crippen molar-refractivity contribution >= 4 is 0 Å². The number of aliphatic hydroxyl groups excluding tert-OH is 2. The first-order chi connectivity index (χ1) is 8.69. The van der Waals surface area contributed by atoms with Crippen molar-refractivity contribution in [2.75, 3.05) is 20.3 Å². The van der Waals surface area contributed by atoms with Gasteiger partial charge in [0.1, 0.15) is 0 Å². The van der Waals surface area contributed by atoms with Crippen LogP contribution in [-0.4, -0.2) is 36.1 Å². The van der Waals surface area contributed by atoms with Gasteiger partial charge in [-0.1, -0.05) is 31.2 Å². The zero-order valence-corrected chi connectivity index (χ0v) is 11.1. The lowest BCUT2D eigenvalue weighted by molar-refractivity contribution is 0.0864. The molecule has 0 heterocycles. The van der Waals surface area contributed by atoms with Crippen molar-refractivity contribution in [3.8, 4) is 0 Å². The topological polar surface area (TPSA) is 61.7 Å². The summed E-state index contributed by atoms with van der Waals surface area (Å²) in [5.74, 6) is 0. The monoisotopic (exact) mass is 253 g/mol. The maximum atomic E-state index is 9.33. The Morgan fingerprint density at radius 3 is 2.11 bits per heavy atom. The number of aliphatic hydroxyl groups is 2. The van der Waals surface area contributed by atoms with E-state index in [1.165, 1.54) is 0 Å². The van der Waals surface area contributed by atoms with E-state index in [9.17, 15) is 10.2 Å². The fourth-order valence-electron chi connectivity index (χ4n) is 1.72. The van der Waals surface area contributed by atoms with E-state index in [0.29, 0.717) is 19.6 Å². The molecular formula is C14H23NO3. The molecular weight excluding hydrogens is 230 g/mol. The van der Waals surface area contributed by atoms with Gasteiger partial charge in [-0.05, 0) is 17.5 Å². The quantitative estimate of drug-likeness (QED) is 0.648. The van der Waals surface area contributed by atoms with E-state index in [1.807, 2.05) is 31.2 Å². The zero-order valence-electron chi connectivity index (χ0n) is 11.1. The lowest BCUT2D eigenvalue weighted by Gasteiger charge is -2.30. The van der Waals surface area contributed by atoms with Gasteiger partial charge in [0, 0.05) is 13.7 Å². The molecule has 1 aromatic rings. The molecule has 1 aromatic carbocycles. The molecule has 0 bridgehead atoms. The van der Waals surface area contributed by atoms with Crippen molar-refractivity contribution in [3.63, 3.8) is 0 Å². The molecule has 4 nitrogen and oxygen atoms in total. The number of rotatable bonds is 8. The second-order valence-electron chi connectivity index (χ2n) is 4.55. The van der Waals surface area contributed by atoms with Gasteiger partial charge in [0.25, 0.3) is 0 Å². The highest BCUT2D eigenvalue weighted by Crippen LogP contribution is 2.11. The minimum atomic E-state index is -0.592. The molecule has 102 valence electrons. The van der Waals surface area contributed by atoms with Crippen molar-refractivity contribution in [1.82, 2.24) is 5.32 Å². The highest BCUT2D eigenvalue weighted by atomic mass is 16.5. The Morgan fingerprint density at radius 1 is 1.11 bits per heavy atom. The normalized spacial score (nSPS) is 11.8. The van der Waals surface area contributed by atoms with Gasteiger partial charge >= 0.3 is 0 Å². The largest absolute Gasteiger partial charge is 0.394 e. The lowest BCUT2D eigenvalue weighted by Crippen LogP contribution is -2.50. The van der Waals surface area contributed by atoms with E-state index in [4.69, 9.17) is 4.74 Å². The third-order valence-corrected chi connectivity index (χ3v) is 3.28. The maximum Gasteiger partial charge on any atom is 0.0713 e. The molecule has 0 atom stereocenters. The van der Waals surface area contributed by atoms with Crippen LogP contribution in [0.1, 0.15) is 24.5 Å². The van der Waals surface area contributed by atoms with Crippen molar-refractivity contribution in [2.45, 2.75) is 32.0 Å². The highest BCUT2D eigenvalue weighted by Gasteiger charge is 2.25. The number of hydrogen-bond donors (Lipinski definition) is 3. The number of benzene rings is 1. The number of hydrogen-bond acceptors (Lipinski definition) is 4. The van der Waals surface area contributed by atoms with Gasteiger partial charge < -0.3 is 20.3 Å². The van der Waals surface area contributed by atoms with Crippen LogP contribution in [0.25, 0.3) is 0 Å². The molecule has 0 aliphatic carbocycles. The summed E-state index contributed by atoms with van der Waals surface area (Å²) in [6.45, 7) is 3.05. The molecule has 18 heavy (non-hydrogen) atoms. The van der Waals surface area contributed by atoms with Crippen molar-refractivity contribution in [3.05, 3.63) is 35.4 Å². The van der Waals surface area contributed by atoms with E-state index in [1.54, 1.807) is 7.11 Å². The summed E-state index contributed by atoms with van der Waals surface area (Å²) in [5, 5.41) is 21.9. The summed E-state index contributed by atoms with van der Waals surface area (Å²) in [6.07, 6.45) is 0.682. The Morgan fingerprint density at radius 2 is 1.67 bits per heavy atom. The highest BCUT2D eigenvalue weighted by molar-refractivity contribution is 5.22. The standard InChI is InChI=1S/C14H23NO3/c1-3-14(10-16,11-17)15-8-12-4-6-13(7-5-12)9-18-2/h4-7,15-17H,3,8-11H2,1-2H3. The van der Waals surface area contributed by atoms with Crippen LogP contribution in [0.5, 0.6) is 0 Å². The molecule has 3 N–H and O–H groups in total.